The highest BCUT2D eigenvalue weighted by molar-refractivity contribution is 5.89. The first kappa shape index (κ1) is 25.3. The normalized spacial score (nSPS) is 11.8. The van der Waals surface area contributed by atoms with Crippen LogP contribution >= 0.6 is 0 Å². The van der Waals surface area contributed by atoms with Gasteiger partial charge in [0.05, 0.1) is 5.56 Å². The van der Waals surface area contributed by atoms with E-state index in [9.17, 15) is 22.4 Å². The van der Waals surface area contributed by atoms with Crippen molar-refractivity contribution < 1.29 is 31.8 Å². The molecule has 0 aliphatic carbocycles. The lowest BCUT2D eigenvalue weighted by Crippen LogP contribution is -2.21. The van der Waals surface area contributed by atoms with Gasteiger partial charge >= 0.3 is 12.1 Å². The Morgan fingerprint density at radius 3 is 2.24 bits per heavy atom. The maximum atomic E-state index is 14.2. The van der Waals surface area contributed by atoms with Crippen LogP contribution in [0.25, 0.3) is 0 Å². The number of esters is 1. The Morgan fingerprint density at radius 1 is 0.912 bits per heavy atom. The SMILES string of the molecule is CC(C)(CCCc1ccc(F)c(Oc2ccccc2)c1)c1ccc(C(=O)OCC(F)(F)F)cc1. The average molecular weight is 474 g/mol. The number of benzene rings is 3. The number of para-hydroxylation sites is 1. The van der Waals surface area contributed by atoms with Crippen molar-refractivity contribution in [3.05, 3.63) is 95.3 Å². The van der Waals surface area contributed by atoms with Crippen LogP contribution in [-0.4, -0.2) is 18.8 Å². The molecule has 0 amide bonds. The van der Waals surface area contributed by atoms with Gasteiger partial charge in [-0.15, -0.1) is 0 Å². The summed E-state index contributed by atoms with van der Waals surface area (Å²) in [7, 11) is 0. The van der Waals surface area contributed by atoms with E-state index < -0.39 is 24.6 Å². The van der Waals surface area contributed by atoms with Crippen LogP contribution in [0.15, 0.2) is 72.8 Å². The van der Waals surface area contributed by atoms with Crippen molar-refractivity contribution in [2.24, 2.45) is 0 Å². The summed E-state index contributed by atoms with van der Waals surface area (Å²) in [6, 6.07) is 20.3. The van der Waals surface area contributed by atoms with Crippen molar-refractivity contribution in [1.82, 2.24) is 0 Å². The molecule has 0 saturated carbocycles. The highest BCUT2D eigenvalue weighted by Gasteiger charge is 2.30. The summed E-state index contributed by atoms with van der Waals surface area (Å²) in [4.78, 5) is 11.8. The Bertz CT molecular complexity index is 1090. The van der Waals surface area contributed by atoms with Crippen LogP contribution < -0.4 is 4.74 Å². The maximum Gasteiger partial charge on any atom is 0.422 e. The molecule has 3 aromatic rings. The second-order valence-corrected chi connectivity index (χ2v) is 8.69. The summed E-state index contributed by atoms with van der Waals surface area (Å²) in [5.41, 5.74) is 1.73. The van der Waals surface area contributed by atoms with Crippen molar-refractivity contribution in [3.8, 4) is 11.5 Å². The summed E-state index contributed by atoms with van der Waals surface area (Å²) in [5, 5.41) is 0. The molecule has 34 heavy (non-hydrogen) atoms. The minimum absolute atomic E-state index is 0.0704. The second-order valence-electron chi connectivity index (χ2n) is 8.69. The highest BCUT2D eigenvalue weighted by Crippen LogP contribution is 2.31. The van der Waals surface area contributed by atoms with Gasteiger partial charge in [0.2, 0.25) is 0 Å². The van der Waals surface area contributed by atoms with Gasteiger partial charge in [0, 0.05) is 0 Å². The zero-order valence-corrected chi connectivity index (χ0v) is 19.0. The lowest BCUT2D eigenvalue weighted by atomic mass is 9.79. The van der Waals surface area contributed by atoms with Crippen molar-refractivity contribution in [1.29, 1.82) is 0 Å². The molecule has 0 N–H and O–H groups in total. The van der Waals surface area contributed by atoms with Gasteiger partial charge in [-0.1, -0.05) is 50.2 Å². The van der Waals surface area contributed by atoms with E-state index in [1.807, 2.05) is 18.2 Å². The van der Waals surface area contributed by atoms with Crippen LogP contribution in [-0.2, 0) is 16.6 Å². The molecule has 0 radical (unpaired) electrons. The standard InChI is InChI=1S/C27H26F4O3/c1-26(2,21-13-11-20(12-14-21)25(32)33-18-27(29,30)31)16-6-7-19-10-15-23(28)24(17-19)34-22-8-4-3-5-9-22/h3-5,8-15,17H,6-7,16,18H2,1-2H3. The highest BCUT2D eigenvalue weighted by atomic mass is 19.4. The quantitative estimate of drug-likeness (QED) is 0.236. The van der Waals surface area contributed by atoms with E-state index in [4.69, 9.17) is 4.74 Å². The van der Waals surface area contributed by atoms with Gasteiger partial charge < -0.3 is 9.47 Å². The van der Waals surface area contributed by atoms with E-state index in [1.165, 1.54) is 18.2 Å². The van der Waals surface area contributed by atoms with Gasteiger partial charge in [-0.25, -0.2) is 9.18 Å². The van der Waals surface area contributed by atoms with Gasteiger partial charge in [-0.05, 0) is 72.2 Å². The fourth-order valence-corrected chi connectivity index (χ4v) is 3.56. The number of ether oxygens (including phenoxy) is 2. The lowest BCUT2D eigenvalue weighted by Gasteiger charge is -2.25. The first-order chi connectivity index (χ1) is 16.0. The molecule has 3 nitrogen and oxygen atoms in total. The molecular formula is C27H26F4O3. The third-order valence-corrected chi connectivity index (χ3v) is 5.50. The molecule has 0 saturated heterocycles. The first-order valence-corrected chi connectivity index (χ1v) is 10.9. The Morgan fingerprint density at radius 2 is 1.59 bits per heavy atom. The molecule has 0 aliphatic rings. The third kappa shape index (κ3) is 7.33. The van der Waals surface area contributed by atoms with Crippen molar-refractivity contribution in [2.45, 2.75) is 44.7 Å². The Balaban J connectivity index is 1.57. The van der Waals surface area contributed by atoms with Gasteiger partial charge in [0.25, 0.3) is 0 Å². The number of alkyl halides is 3. The molecule has 7 heteroatoms. The molecule has 180 valence electrons. The molecule has 3 rings (SSSR count). The van der Waals surface area contributed by atoms with E-state index in [2.05, 4.69) is 18.6 Å². The molecule has 0 spiro atoms. The smallest absolute Gasteiger partial charge is 0.422 e. The number of aryl methyl sites for hydroxylation is 1. The molecular weight excluding hydrogens is 448 g/mol. The van der Waals surface area contributed by atoms with Gasteiger partial charge in [-0.3, -0.25) is 0 Å². The molecule has 0 bridgehead atoms. The summed E-state index contributed by atoms with van der Waals surface area (Å²) in [5.74, 6) is -0.699. The largest absolute Gasteiger partial charge is 0.454 e. The summed E-state index contributed by atoms with van der Waals surface area (Å²) in [6.45, 7) is 2.50. The number of halogens is 4. The fourth-order valence-electron chi connectivity index (χ4n) is 3.56. The van der Waals surface area contributed by atoms with E-state index in [0.29, 0.717) is 5.75 Å². The summed E-state index contributed by atoms with van der Waals surface area (Å²) < 4.78 is 60.8. The van der Waals surface area contributed by atoms with Crippen LogP contribution in [0.4, 0.5) is 17.6 Å². The summed E-state index contributed by atoms with van der Waals surface area (Å²) in [6.07, 6.45) is -2.22. The average Bonchev–Trinajstić information content (AvgIpc) is 2.80. The van der Waals surface area contributed by atoms with E-state index in [0.717, 1.165) is 30.4 Å². The monoisotopic (exact) mass is 474 g/mol. The Kier molecular flexibility index (Phi) is 7.97. The minimum Gasteiger partial charge on any atom is -0.454 e. The zero-order valence-electron chi connectivity index (χ0n) is 19.0. The van der Waals surface area contributed by atoms with Crippen LogP contribution in [0.1, 0.15) is 48.2 Å². The fraction of sp³-hybridized carbons (Fsp3) is 0.296. The van der Waals surface area contributed by atoms with E-state index >= 15 is 0 Å². The van der Waals surface area contributed by atoms with Crippen LogP contribution in [0, 0.1) is 5.82 Å². The number of hydrogen-bond donors (Lipinski definition) is 0. The molecule has 0 fully saturated rings. The number of carbonyl (C=O) groups excluding carboxylic acids is 1. The van der Waals surface area contributed by atoms with Crippen molar-refractivity contribution >= 4 is 5.97 Å². The van der Waals surface area contributed by atoms with E-state index in [-0.39, 0.29) is 16.7 Å². The van der Waals surface area contributed by atoms with Crippen molar-refractivity contribution in [3.63, 3.8) is 0 Å². The predicted molar refractivity (Wildman–Crippen MR) is 122 cm³/mol. The summed E-state index contributed by atoms with van der Waals surface area (Å²) >= 11 is 0. The third-order valence-electron chi connectivity index (χ3n) is 5.50. The second kappa shape index (κ2) is 10.7. The Hall–Kier alpha value is -3.35. The predicted octanol–water partition coefficient (Wildman–Crippen LogP) is 7.64. The van der Waals surface area contributed by atoms with Gasteiger partial charge in [-0.2, -0.15) is 13.2 Å². The molecule has 3 aromatic carbocycles. The van der Waals surface area contributed by atoms with Gasteiger partial charge in [0.15, 0.2) is 18.2 Å². The number of carbonyl (C=O) groups is 1. The van der Waals surface area contributed by atoms with Crippen LogP contribution in [0.5, 0.6) is 11.5 Å². The zero-order chi connectivity index (χ0) is 24.8. The molecule has 0 atom stereocenters. The molecule has 0 aliphatic heterocycles. The number of rotatable bonds is 9. The molecule has 0 heterocycles. The van der Waals surface area contributed by atoms with E-state index in [1.54, 1.807) is 36.4 Å². The van der Waals surface area contributed by atoms with Crippen LogP contribution in [0.2, 0.25) is 0 Å². The number of hydrogen-bond acceptors (Lipinski definition) is 3. The lowest BCUT2D eigenvalue weighted by molar-refractivity contribution is -0.161. The molecule has 0 unspecified atom stereocenters. The van der Waals surface area contributed by atoms with Crippen LogP contribution in [0.3, 0.4) is 0 Å². The maximum absolute atomic E-state index is 14.2. The Labute approximate surface area is 196 Å². The van der Waals surface area contributed by atoms with Crippen molar-refractivity contribution in [2.75, 3.05) is 6.61 Å². The first-order valence-electron chi connectivity index (χ1n) is 10.9. The van der Waals surface area contributed by atoms with Gasteiger partial charge in [0.1, 0.15) is 5.75 Å². The topological polar surface area (TPSA) is 35.5 Å². The molecule has 0 aromatic heterocycles. The minimum atomic E-state index is -4.56.